The van der Waals surface area contributed by atoms with Gasteiger partial charge in [0.2, 0.25) is 5.91 Å². The van der Waals surface area contributed by atoms with E-state index in [1.807, 2.05) is 17.0 Å². The maximum Gasteiger partial charge on any atom is 0.315 e. The number of hydrogen-bond donors (Lipinski definition) is 2. The smallest absolute Gasteiger partial charge is 0.315 e. The zero-order valence-electron chi connectivity index (χ0n) is 12.9. The number of urea groups is 1. The van der Waals surface area contributed by atoms with Crippen molar-refractivity contribution >= 4 is 11.9 Å². The highest BCUT2D eigenvalue weighted by Crippen LogP contribution is 2.11. The first-order valence-electron chi connectivity index (χ1n) is 7.94. The van der Waals surface area contributed by atoms with Crippen LogP contribution in [0.25, 0.3) is 0 Å². The molecule has 1 aromatic rings. The molecule has 1 saturated heterocycles. The molecule has 3 amide bonds. The van der Waals surface area contributed by atoms with E-state index in [1.54, 1.807) is 12.4 Å². The molecule has 6 nitrogen and oxygen atoms in total. The number of likely N-dealkylation sites (tertiary alicyclic amines) is 1. The summed E-state index contributed by atoms with van der Waals surface area (Å²) in [6.45, 7) is 2.61. The molecule has 0 atom stereocenters. The number of carbonyl (C=O) groups is 2. The molecule has 2 rings (SSSR count). The van der Waals surface area contributed by atoms with Crippen molar-refractivity contribution in [3.8, 4) is 0 Å². The van der Waals surface area contributed by atoms with Crippen LogP contribution in [0.1, 0.15) is 37.7 Å². The van der Waals surface area contributed by atoms with Crippen molar-refractivity contribution in [3.05, 3.63) is 30.1 Å². The van der Waals surface area contributed by atoms with E-state index >= 15 is 0 Å². The van der Waals surface area contributed by atoms with Crippen LogP contribution in [0.3, 0.4) is 0 Å². The predicted molar refractivity (Wildman–Crippen MR) is 84.1 cm³/mol. The third-order valence-electron chi connectivity index (χ3n) is 3.74. The predicted octanol–water partition coefficient (Wildman–Crippen LogP) is 1.67. The standard InChI is InChI=1S/C16H24N4O2/c21-15-7-2-1-3-10-20(15)11-5-9-18-16(22)19-13-14-6-4-8-17-12-14/h4,6,8,12H,1-3,5,7,9-11,13H2,(H2,18,19,22). The molecule has 120 valence electrons. The Morgan fingerprint density at radius 1 is 1.27 bits per heavy atom. The van der Waals surface area contributed by atoms with Crippen molar-refractivity contribution in [2.75, 3.05) is 19.6 Å². The number of amides is 3. The van der Waals surface area contributed by atoms with Crippen molar-refractivity contribution in [1.29, 1.82) is 0 Å². The Hall–Kier alpha value is -2.11. The minimum atomic E-state index is -0.189. The Bertz CT molecular complexity index is 478. The van der Waals surface area contributed by atoms with E-state index < -0.39 is 0 Å². The Kier molecular flexibility index (Phi) is 6.67. The first kappa shape index (κ1) is 16.3. The largest absolute Gasteiger partial charge is 0.343 e. The monoisotopic (exact) mass is 304 g/mol. The van der Waals surface area contributed by atoms with E-state index in [2.05, 4.69) is 15.6 Å². The summed E-state index contributed by atoms with van der Waals surface area (Å²) in [5.41, 5.74) is 0.966. The van der Waals surface area contributed by atoms with Gasteiger partial charge in [-0.25, -0.2) is 4.79 Å². The lowest BCUT2D eigenvalue weighted by Crippen LogP contribution is -2.38. The van der Waals surface area contributed by atoms with Crippen molar-refractivity contribution in [2.24, 2.45) is 0 Å². The molecule has 0 aromatic carbocycles. The van der Waals surface area contributed by atoms with Crippen LogP contribution in [0.15, 0.2) is 24.5 Å². The third-order valence-corrected chi connectivity index (χ3v) is 3.74. The van der Waals surface area contributed by atoms with Gasteiger partial charge in [-0.1, -0.05) is 12.5 Å². The fourth-order valence-corrected chi connectivity index (χ4v) is 2.49. The molecule has 0 unspecified atom stereocenters. The van der Waals surface area contributed by atoms with E-state index in [4.69, 9.17) is 0 Å². The minimum Gasteiger partial charge on any atom is -0.343 e. The number of rotatable bonds is 6. The quantitative estimate of drug-likeness (QED) is 0.785. The van der Waals surface area contributed by atoms with Gasteiger partial charge in [0.25, 0.3) is 0 Å². The van der Waals surface area contributed by atoms with Crippen molar-refractivity contribution < 1.29 is 9.59 Å². The highest BCUT2D eigenvalue weighted by atomic mass is 16.2. The molecule has 0 aliphatic carbocycles. The minimum absolute atomic E-state index is 0.189. The zero-order chi connectivity index (χ0) is 15.6. The van der Waals surface area contributed by atoms with E-state index in [0.29, 0.717) is 19.5 Å². The zero-order valence-corrected chi connectivity index (χ0v) is 12.9. The maximum absolute atomic E-state index is 11.8. The van der Waals surface area contributed by atoms with Crippen molar-refractivity contribution in [2.45, 2.75) is 38.6 Å². The Labute approximate surface area is 131 Å². The van der Waals surface area contributed by atoms with Gasteiger partial charge in [-0.05, 0) is 30.9 Å². The van der Waals surface area contributed by atoms with Gasteiger partial charge in [0, 0.05) is 45.0 Å². The summed E-state index contributed by atoms with van der Waals surface area (Å²) < 4.78 is 0. The van der Waals surface area contributed by atoms with Crippen LogP contribution in [0.2, 0.25) is 0 Å². The molecule has 0 saturated carbocycles. The summed E-state index contributed by atoms with van der Waals surface area (Å²) in [6.07, 6.45) is 8.11. The van der Waals surface area contributed by atoms with Gasteiger partial charge in [0.1, 0.15) is 0 Å². The topological polar surface area (TPSA) is 74.3 Å². The van der Waals surface area contributed by atoms with E-state index in [1.165, 1.54) is 0 Å². The van der Waals surface area contributed by atoms with Crippen LogP contribution < -0.4 is 10.6 Å². The number of aromatic nitrogens is 1. The maximum atomic E-state index is 11.8. The number of nitrogens with zero attached hydrogens (tertiary/aromatic N) is 2. The third kappa shape index (κ3) is 5.71. The van der Waals surface area contributed by atoms with Crippen LogP contribution in [-0.4, -0.2) is 41.5 Å². The van der Waals surface area contributed by atoms with E-state index in [9.17, 15) is 9.59 Å². The van der Waals surface area contributed by atoms with E-state index in [0.717, 1.165) is 44.3 Å². The highest BCUT2D eigenvalue weighted by Gasteiger charge is 2.15. The normalized spacial score (nSPS) is 15.3. The molecule has 6 heteroatoms. The average Bonchev–Trinajstić information content (AvgIpc) is 2.75. The molecule has 1 aliphatic heterocycles. The van der Waals surface area contributed by atoms with Crippen molar-refractivity contribution in [1.82, 2.24) is 20.5 Å². The second kappa shape index (κ2) is 9.02. The molecule has 0 spiro atoms. The Morgan fingerprint density at radius 3 is 3.00 bits per heavy atom. The molecule has 22 heavy (non-hydrogen) atoms. The Balaban J connectivity index is 1.57. The summed E-state index contributed by atoms with van der Waals surface area (Å²) in [5, 5.41) is 5.60. The number of nitrogens with one attached hydrogen (secondary N) is 2. The molecule has 0 bridgehead atoms. The van der Waals surface area contributed by atoms with Gasteiger partial charge < -0.3 is 15.5 Å². The van der Waals surface area contributed by atoms with Crippen LogP contribution in [-0.2, 0) is 11.3 Å². The average molecular weight is 304 g/mol. The van der Waals surface area contributed by atoms with Gasteiger partial charge in [0.15, 0.2) is 0 Å². The fraction of sp³-hybridized carbons (Fsp3) is 0.562. The van der Waals surface area contributed by atoms with Crippen LogP contribution in [0.4, 0.5) is 4.79 Å². The van der Waals surface area contributed by atoms with Gasteiger partial charge in [-0.2, -0.15) is 0 Å². The summed E-state index contributed by atoms with van der Waals surface area (Å²) in [7, 11) is 0. The SMILES string of the molecule is O=C(NCCCN1CCCCCC1=O)NCc1cccnc1. The first-order valence-corrected chi connectivity index (χ1v) is 7.94. The summed E-state index contributed by atoms with van der Waals surface area (Å²) >= 11 is 0. The molecule has 2 heterocycles. The summed E-state index contributed by atoms with van der Waals surface area (Å²) in [4.78, 5) is 29.4. The van der Waals surface area contributed by atoms with Gasteiger partial charge in [0.05, 0.1) is 0 Å². The fourth-order valence-electron chi connectivity index (χ4n) is 2.49. The molecule has 0 radical (unpaired) electrons. The lowest BCUT2D eigenvalue weighted by Gasteiger charge is -2.20. The van der Waals surface area contributed by atoms with Crippen LogP contribution in [0, 0.1) is 0 Å². The first-order chi connectivity index (χ1) is 10.8. The highest BCUT2D eigenvalue weighted by molar-refractivity contribution is 5.76. The lowest BCUT2D eigenvalue weighted by molar-refractivity contribution is -0.130. The van der Waals surface area contributed by atoms with Crippen molar-refractivity contribution in [3.63, 3.8) is 0 Å². The molecule has 1 fully saturated rings. The molecule has 1 aliphatic rings. The van der Waals surface area contributed by atoms with Crippen LogP contribution >= 0.6 is 0 Å². The molecular weight excluding hydrogens is 280 g/mol. The second-order valence-corrected chi connectivity index (χ2v) is 5.52. The number of carbonyl (C=O) groups excluding carboxylic acids is 2. The molecular formula is C16H24N4O2. The van der Waals surface area contributed by atoms with Gasteiger partial charge >= 0.3 is 6.03 Å². The van der Waals surface area contributed by atoms with Gasteiger partial charge in [-0.15, -0.1) is 0 Å². The number of hydrogen-bond acceptors (Lipinski definition) is 3. The second-order valence-electron chi connectivity index (χ2n) is 5.52. The van der Waals surface area contributed by atoms with Crippen LogP contribution in [0.5, 0.6) is 0 Å². The van der Waals surface area contributed by atoms with E-state index in [-0.39, 0.29) is 11.9 Å². The summed E-state index contributed by atoms with van der Waals surface area (Å²) in [5.74, 6) is 0.249. The number of pyridine rings is 1. The Morgan fingerprint density at radius 2 is 2.18 bits per heavy atom. The van der Waals surface area contributed by atoms with Gasteiger partial charge in [-0.3, -0.25) is 9.78 Å². The molecule has 1 aromatic heterocycles. The molecule has 2 N–H and O–H groups in total. The lowest BCUT2D eigenvalue weighted by atomic mass is 10.2. The summed E-state index contributed by atoms with van der Waals surface area (Å²) in [6, 6.07) is 3.57.